The fourth-order valence-electron chi connectivity index (χ4n) is 11.9. The number of benzene rings is 6. The predicted molar refractivity (Wildman–Crippen MR) is 299 cm³/mol. The molecule has 8 aromatic rings. The summed E-state index contributed by atoms with van der Waals surface area (Å²) in [7, 11) is 0. The quantitative estimate of drug-likeness (QED) is 0.0727. The molecule has 0 amide bonds. The first-order valence-corrected chi connectivity index (χ1v) is 31.8. The van der Waals surface area contributed by atoms with Gasteiger partial charge in [-0.05, 0) is 96.2 Å². The van der Waals surface area contributed by atoms with Crippen molar-refractivity contribution in [3.63, 3.8) is 0 Å². The number of hydrogen-bond donors (Lipinski definition) is 0. The van der Waals surface area contributed by atoms with Crippen molar-refractivity contribution in [2.45, 2.75) is 125 Å². The average Bonchev–Trinajstić information content (AvgIpc) is 0.824. The van der Waals surface area contributed by atoms with Gasteiger partial charge in [0.05, 0.1) is 44.5 Å². The fraction of sp³-hybridized carbons (Fsp3) is 0.312. The van der Waals surface area contributed by atoms with E-state index in [2.05, 4.69) is 72.8 Å². The molecule has 6 aromatic carbocycles. The summed E-state index contributed by atoms with van der Waals surface area (Å²) >= 11 is 3.89. The second-order valence-electron chi connectivity index (χ2n) is 22.4. The highest BCUT2D eigenvalue weighted by molar-refractivity contribution is 7.20. The van der Waals surface area contributed by atoms with E-state index in [4.69, 9.17) is 0 Å². The van der Waals surface area contributed by atoms with Gasteiger partial charge in [0.1, 0.15) is 6.15 Å². The largest absolute Gasteiger partial charge is 0.416 e. The molecule has 92 heavy (non-hydrogen) atoms. The molecule has 2 heterocycles. The summed E-state index contributed by atoms with van der Waals surface area (Å²) in [5.74, 6) is 1.58. The van der Waals surface area contributed by atoms with Crippen LogP contribution in [0.2, 0.25) is 0 Å². The monoisotopic (exact) mass is 1470 g/mol. The minimum Gasteiger partial charge on any atom is -0.194 e. The lowest BCUT2D eigenvalue weighted by atomic mass is 9.12. The minimum atomic E-state index is -6.13. The van der Waals surface area contributed by atoms with Crippen molar-refractivity contribution < 1.29 is 127 Å². The van der Waals surface area contributed by atoms with Crippen LogP contribution in [-0.4, -0.2) is 6.15 Å². The number of hydrogen-bond acceptors (Lipinski definition) is 2. The van der Waals surface area contributed by atoms with Crippen LogP contribution in [0.15, 0.2) is 146 Å². The van der Waals surface area contributed by atoms with E-state index >= 15 is 0 Å². The Morgan fingerprint density at radius 1 is 0.272 bits per heavy atom. The topological polar surface area (TPSA) is 0 Å². The number of halogens is 25. The molecule has 492 valence electrons. The molecule has 0 unspecified atom stereocenters. The summed E-state index contributed by atoms with van der Waals surface area (Å²) in [6, 6.07) is 19.6. The van der Waals surface area contributed by atoms with Gasteiger partial charge >= 0.3 is 70.6 Å². The molecule has 2 aromatic heterocycles. The maximum atomic E-state index is 14.2. The zero-order chi connectivity index (χ0) is 67.4. The average molecular weight is 1470 g/mol. The molecule has 10 rings (SSSR count). The Morgan fingerprint density at radius 3 is 0.696 bits per heavy atom. The molecule has 0 atom stereocenters. The lowest BCUT2D eigenvalue weighted by molar-refractivity contribution is -0.585. The van der Waals surface area contributed by atoms with E-state index in [0.717, 1.165) is 11.8 Å². The molecule has 2 aliphatic carbocycles. The standard InChI is InChI=1S/C32H12BF24.C32H34IS2/c34-25(35,36)13-1-14(26(37,38)39)6-21(5-13)33(22-7-15(27(40,41)42)2-16(8-22)28(43,44)45,23-9-17(29(46,47)48)3-18(10-23)30(49,50)51)24-11-19(31(52,53)54)4-20(12-24)32(55,56)57;1-3-7-23(8-4-1)25-11-15-27(16-12-25)29-19-21-31(34-29)33-32-22-20-30(35-32)28-17-13-26(14-18-28)24-9-5-2-6-10-24/h1-12H;11-24H,1-10H2/q-1;+1. The predicted octanol–water partition coefficient (Wildman–Crippen LogP) is 18.6. The van der Waals surface area contributed by atoms with Gasteiger partial charge in [-0.2, -0.15) is 127 Å². The molecule has 0 nitrogen and oxygen atoms in total. The van der Waals surface area contributed by atoms with E-state index in [1.165, 1.54) is 85.1 Å². The zero-order valence-corrected chi connectivity index (χ0v) is 50.7. The number of thiophene rings is 2. The van der Waals surface area contributed by atoms with Crippen LogP contribution >= 0.6 is 22.7 Å². The van der Waals surface area contributed by atoms with Crippen LogP contribution in [0.3, 0.4) is 0 Å². The van der Waals surface area contributed by atoms with Crippen LogP contribution in [0, 0.1) is 5.77 Å². The van der Waals surface area contributed by atoms with Gasteiger partial charge in [-0.15, -0.1) is 0 Å². The highest BCUT2D eigenvalue weighted by Gasteiger charge is 2.47. The molecule has 0 bridgehead atoms. The van der Waals surface area contributed by atoms with Gasteiger partial charge in [0.15, 0.2) is 0 Å². The Hall–Kier alpha value is -6.17. The fourth-order valence-corrected chi connectivity index (χ4v) is 18.2. The molecule has 2 aliphatic rings. The second-order valence-corrected chi connectivity index (χ2v) is 28.9. The molecule has 0 saturated heterocycles. The van der Waals surface area contributed by atoms with Crippen LogP contribution in [0.25, 0.3) is 20.9 Å². The SMILES string of the molecule is FC(F)(F)c1cc([B-](c2cc(C(F)(F)F)cc(C(F)(F)F)c2)(c2cc(C(F)(F)F)cc(C(F)(F)F)c2)c2cc(C(F)(F)F)cc(C(F)(F)F)c2)cc(C(F)(F)F)c1.c1cc(C2CCCCC2)ccc1-c1ccc([I+]c2ccc(-c3ccc(C4CCCCC4)cc3)s2)s1. The maximum absolute atomic E-state index is 14.2. The zero-order valence-electron chi connectivity index (χ0n) is 46.9. The van der Waals surface area contributed by atoms with Crippen LogP contribution in [0.1, 0.15) is 132 Å². The van der Waals surface area contributed by atoms with E-state index in [1.807, 2.05) is 22.7 Å². The Kier molecular flexibility index (Phi) is 20.0. The molecule has 0 N–H and O–H groups in total. The van der Waals surface area contributed by atoms with E-state index in [-0.39, 0.29) is 21.2 Å². The normalized spacial score (nSPS) is 15.6. The molecular formula is C64H46BF24IS2. The third-order valence-corrected chi connectivity index (χ3v) is 22.3. The maximum Gasteiger partial charge on any atom is 0.416 e. The molecule has 28 heteroatoms. The summed E-state index contributed by atoms with van der Waals surface area (Å²) in [4.78, 5) is 2.84. The van der Waals surface area contributed by atoms with Crippen LogP contribution in [0.5, 0.6) is 0 Å². The van der Waals surface area contributed by atoms with Crippen molar-refractivity contribution in [1.29, 1.82) is 0 Å². The second kappa shape index (κ2) is 26.2. The van der Waals surface area contributed by atoms with Gasteiger partial charge in [0.2, 0.25) is 5.77 Å². The lowest BCUT2D eigenvalue weighted by Crippen LogP contribution is -3.61. The van der Waals surface area contributed by atoms with E-state index < -0.39 is 195 Å². The van der Waals surface area contributed by atoms with Crippen molar-refractivity contribution in [1.82, 2.24) is 0 Å². The Labute approximate surface area is 527 Å². The summed E-state index contributed by atoms with van der Waals surface area (Å²) in [5, 5.41) is 0. The Morgan fingerprint density at radius 2 is 0.489 bits per heavy atom. The van der Waals surface area contributed by atoms with Gasteiger partial charge in [-0.1, -0.05) is 158 Å². The number of rotatable bonds is 10. The van der Waals surface area contributed by atoms with Crippen molar-refractivity contribution >= 4 is 50.7 Å². The van der Waals surface area contributed by atoms with E-state index in [9.17, 15) is 105 Å². The van der Waals surface area contributed by atoms with Gasteiger partial charge in [0, 0.05) is 21.9 Å². The summed E-state index contributed by atoms with van der Waals surface area (Å²) in [5.41, 5.74) is -24.3. The smallest absolute Gasteiger partial charge is 0.194 e. The van der Waals surface area contributed by atoms with Crippen LogP contribution in [0.4, 0.5) is 105 Å². The van der Waals surface area contributed by atoms with Crippen LogP contribution < -0.4 is 43.1 Å². The summed E-state index contributed by atoms with van der Waals surface area (Å²) < 4.78 is 344. The summed E-state index contributed by atoms with van der Waals surface area (Å²) in [6.45, 7) is 0. The molecule has 0 aliphatic heterocycles. The lowest BCUT2D eigenvalue weighted by Gasteiger charge is -2.46. The third-order valence-electron chi connectivity index (χ3n) is 16.3. The van der Waals surface area contributed by atoms with E-state index in [1.54, 1.807) is 16.9 Å². The Balaban J connectivity index is 0.000000242. The highest BCUT2D eigenvalue weighted by atomic mass is 127. The third kappa shape index (κ3) is 16.3. The molecule has 0 radical (unpaired) electrons. The van der Waals surface area contributed by atoms with Gasteiger partial charge in [-0.3, -0.25) is 0 Å². The Bertz CT molecular complexity index is 3330. The number of alkyl halides is 24. The molecule has 2 saturated carbocycles. The molecule has 0 spiro atoms. The van der Waals surface area contributed by atoms with Gasteiger partial charge in [-0.25, -0.2) is 0 Å². The highest BCUT2D eigenvalue weighted by Crippen LogP contribution is 2.43. The van der Waals surface area contributed by atoms with Crippen molar-refractivity contribution in [3.05, 3.63) is 207 Å². The van der Waals surface area contributed by atoms with Gasteiger partial charge in [0.25, 0.3) is 0 Å². The first-order chi connectivity index (χ1) is 42.6. The van der Waals surface area contributed by atoms with Crippen molar-refractivity contribution in [2.75, 3.05) is 0 Å². The van der Waals surface area contributed by atoms with Crippen molar-refractivity contribution in [3.8, 4) is 20.9 Å². The minimum absolute atomic E-state index is 0.111. The van der Waals surface area contributed by atoms with Gasteiger partial charge < -0.3 is 0 Å². The molecule has 2 fully saturated rings. The van der Waals surface area contributed by atoms with Crippen LogP contribution in [-0.2, 0) is 49.4 Å². The molecular weight excluding hydrogens is 1430 g/mol. The van der Waals surface area contributed by atoms with Crippen molar-refractivity contribution in [2.24, 2.45) is 0 Å². The summed E-state index contributed by atoms with van der Waals surface area (Å²) in [6.07, 6.45) is -40.8. The first kappa shape index (κ1) is 70.2. The first-order valence-electron chi connectivity index (χ1n) is 28.0. The van der Waals surface area contributed by atoms with E-state index in [0.29, 0.717) is 0 Å².